The lowest BCUT2D eigenvalue weighted by atomic mass is 9.84. The maximum atomic E-state index is 14.0. The van der Waals surface area contributed by atoms with Gasteiger partial charge in [0.2, 0.25) is 23.6 Å². The zero-order valence-electron chi connectivity index (χ0n) is 31.2. The van der Waals surface area contributed by atoms with Crippen molar-refractivity contribution in [1.82, 2.24) is 25.9 Å². The molecule has 1 saturated carbocycles. The summed E-state index contributed by atoms with van der Waals surface area (Å²) in [6, 6.07) is 17.2. The maximum absolute atomic E-state index is 14.0. The Balaban J connectivity index is 1.24. The van der Waals surface area contributed by atoms with E-state index in [1.54, 1.807) is 25.1 Å². The molecule has 0 saturated heterocycles. The molecule has 8 N–H and O–H groups in total. The molecule has 286 valence electrons. The van der Waals surface area contributed by atoms with Crippen LogP contribution in [0.4, 0.5) is 5.69 Å². The molecule has 5 amide bonds. The molecule has 55 heavy (non-hydrogen) atoms. The van der Waals surface area contributed by atoms with E-state index in [9.17, 15) is 24.0 Å². The quantitative estimate of drug-likeness (QED) is 0.148. The van der Waals surface area contributed by atoms with Gasteiger partial charge in [-0.15, -0.1) is 0 Å². The average Bonchev–Trinajstić information content (AvgIpc) is 3.17. The number of aryl methyl sites for hydroxylation is 2. The molecular formula is C42H48N8O5. The predicted molar refractivity (Wildman–Crippen MR) is 210 cm³/mol. The number of aromatic nitrogens is 2. The second-order valence-corrected chi connectivity index (χ2v) is 14.5. The van der Waals surface area contributed by atoms with Crippen molar-refractivity contribution < 1.29 is 24.0 Å². The van der Waals surface area contributed by atoms with E-state index in [0.717, 1.165) is 5.56 Å². The highest BCUT2D eigenvalue weighted by molar-refractivity contribution is 6.04. The summed E-state index contributed by atoms with van der Waals surface area (Å²) in [4.78, 5) is 74.3. The second-order valence-electron chi connectivity index (χ2n) is 14.5. The van der Waals surface area contributed by atoms with E-state index in [1.165, 1.54) is 43.9 Å². The molecule has 1 aromatic heterocycles. The zero-order chi connectivity index (χ0) is 39.1. The number of hydrogen-bond acceptors (Lipinski definition) is 8. The molecule has 6 rings (SSSR count). The van der Waals surface area contributed by atoms with Gasteiger partial charge in [0.25, 0.3) is 5.91 Å². The number of carbonyl (C=O) groups excluding carboxylic acids is 5. The van der Waals surface area contributed by atoms with Crippen LogP contribution in [0.25, 0.3) is 22.5 Å². The van der Waals surface area contributed by atoms with E-state index >= 15 is 0 Å². The molecule has 4 bridgehead atoms. The third kappa shape index (κ3) is 9.60. The van der Waals surface area contributed by atoms with Gasteiger partial charge in [-0.25, -0.2) is 9.97 Å². The van der Waals surface area contributed by atoms with Gasteiger partial charge in [-0.05, 0) is 79.5 Å². The minimum atomic E-state index is -1.04. The summed E-state index contributed by atoms with van der Waals surface area (Å²) in [5.41, 5.74) is 18.3. The lowest BCUT2D eigenvalue weighted by molar-refractivity contribution is -0.128. The zero-order valence-corrected chi connectivity index (χ0v) is 31.2. The number of hydrogen-bond donors (Lipinski definition) is 6. The first-order chi connectivity index (χ1) is 26.5. The van der Waals surface area contributed by atoms with Gasteiger partial charge >= 0.3 is 0 Å². The van der Waals surface area contributed by atoms with E-state index in [1.807, 2.05) is 37.3 Å². The largest absolute Gasteiger partial charge is 0.368 e. The number of nitrogens with one attached hydrogen (secondary N) is 4. The first-order valence-electron chi connectivity index (χ1n) is 18.8. The second kappa shape index (κ2) is 17.5. The van der Waals surface area contributed by atoms with Crippen LogP contribution in [0.15, 0.2) is 66.9 Å². The summed E-state index contributed by atoms with van der Waals surface area (Å²) in [5.74, 6) is -1.55. The summed E-state index contributed by atoms with van der Waals surface area (Å²) in [6.07, 6.45) is 7.97. The Kier molecular flexibility index (Phi) is 12.3. The summed E-state index contributed by atoms with van der Waals surface area (Å²) in [7, 11) is 0. The molecule has 3 aromatic carbocycles. The van der Waals surface area contributed by atoms with Crippen LogP contribution in [0.5, 0.6) is 0 Å². The highest BCUT2D eigenvalue weighted by Gasteiger charge is 2.26. The summed E-state index contributed by atoms with van der Waals surface area (Å²) in [6.45, 7) is 3.37. The van der Waals surface area contributed by atoms with Crippen LogP contribution < -0.4 is 32.7 Å². The number of amides is 5. The topological polar surface area (TPSA) is 211 Å². The minimum Gasteiger partial charge on any atom is -0.368 e. The number of nitrogens with zero attached hydrogens (tertiary/aromatic N) is 2. The maximum Gasteiger partial charge on any atom is 0.255 e. The van der Waals surface area contributed by atoms with Crippen molar-refractivity contribution in [3.8, 4) is 22.5 Å². The number of rotatable bonds is 9. The minimum absolute atomic E-state index is 0.00213. The number of primary amides is 1. The van der Waals surface area contributed by atoms with Gasteiger partial charge in [-0.2, -0.15) is 0 Å². The summed E-state index contributed by atoms with van der Waals surface area (Å²) in [5, 5.41) is 11.0. The average molecular weight is 745 g/mol. The van der Waals surface area contributed by atoms with Crippen LogP contribution >= 0.6 is 0 Å². The van der Waals surface area contributed by atoms with Crippen molar-refractivity contribution in [2.45, 2.75) is 83.2 Å². The molecule has 2 heterocycles. The van der Waals surface area contributed by atoms with Crippen LogP contribution in [-0.4, -0.2) is 64.7 Å². The van der Waals surface area contributed by atoms with E-state index in [-0.39, 0.29) is 43.8 Å². The highest BCUT2D eigenvalue weighted by atomic mass is 16.2. The smallest absolute Gasteiger partial charge is 0.255 e. The molecule has 0 spiro atoms. The fraction of sp³-hybridized carbons (Fsp3) is 0.357. The first kappa shape index (κ1) is 38.8. The van der Waals surface area contributed by atoms with Crippen LogP contribution in [0.3, 0.4) is 0 Å². The normalized spacial score (nSPS) is 16.9. The number of carbonyl (C=O) groups is 5. The summed E-state index contributed by atoms with van der Waals surface area (Å²) >= 11 is 0. The fourth-order valence-corrected chi connectivity index (χ4v) is 7.40. The van der Waals surface area contributed by atoms with Crippen LogP contribution in [0.2, 0.25) is 0 Å². The van der Waals surface area contributed by atoms with Gasteiger partial charge in [0.05, 0.1) is 29.9 Å². The Bertz CT molecular complexity index is 2090. The molecule has 2 aliphatic rings. The van der Waals surface area contributed by atoms with Crippen LogP contribution in [0.1, 0.15) is 82.7 Å². The monoisotopic (exact) mass is 744 g/mol. The van der Waals surface area contributed by atoms with Crippen molar-refractivity contribution in [3.05, 3.63) is 100 Å². The molecule has 1 aliphatic heterocycles. The van der Waals surface area contributed by atoms with Crippen molar-refractivity contribution in [2.24, 2.45) is 11.5 Å². The lowest BCUT2D eigenvalue weighted by Gasteiger charge is -2.23. The number of anilines is 1. The number of benzene rings is 3. The molecule has 0 radical (unpaired) electrons. The van der Waals surface area contributed by atoms with Crippen molar-refractivity contribution in [2.75, 3.05) is 18.4 Å². The Labute approximate surface area is 320 Å². The van der Waals surface area contributed by atoms with E-state index in [4.69, 9.17) is 11.5 Å². The number of nitrogens with two attached hydrogens (primary N) is 2. The van der Waals surface area contributed by atoms with Crippen molar-refractivity contribution >= 4 is 35.2 Å². The molecule has 2 atom stereocenters. The SMILES string of the molecule is Cc1cc2cc(c1NC(=O)[C@H](CCN)NC(=O)c1cnc(-c3ccc(C4CCCCC4)cc3)nc1C)-c1cccc(c1)CC(=O)NCC(=O)NC(C(N)=O)C2. The Morgan fingerprint density at radius 3 is 2.40 bits per heavy atom. The number of fused-ring (bicyclic) bond motifs is 5. The van der Waals surface area contributed by atoms with Gasteiger partial charge in [-0.3, -0.25) is 24.0 Å². The van der Waals surface area contributed by atoms with E-state index < -0.39 is 35.7 Å². The van der Waals surface area contributed by atoms with Crippen LogP contribution in [-0.2, 0) is 32.0 Å². The Morgan fingerprint density at radius 2 is 1.69 bits per heavy atom. The standard InChI is InChI=1S/C42H48N8O5/c1-24-17-27-19-32(31-10-6-7-26(18-31)21-36(51)45-23-37(52)48-35(20-27)39(44)53)38(24)50-42(55)34(15-16-43)49-41(54)33-22-46-40(47-25(33)2)30-13-11-29(12-14-30)28-8-4-3-5-9-28/h6-7,10-14,17-19,22,28,34-35H,3-5,8-9,15-16,20-21,23,43H2,1-2H3,(H2,44,53)(H,45,51)(H,48,52)(H,49,54)(H,50,55)/t34-,35?/m0/s1. The van der Waals surface area contributed by atoms with E-state index in [0.29, 0.717) is 50.9 Å². The van der Waals surface area contributed by atoms with Crippen molar-refractivity contribution in [3.63, 3.8) is 0 Å². The van der Waals surface area contributed by atoms with E-state index in [2.05, 4.69) is 43.4 Å². The summed E-state index contributed by atoms with van der Waals surface area (Å²) < 4.78 is 0. The molecule has 1 unspecified atom stereocenters. The van der Waals surface area contributed by atoms with Gasteiger partial charge in [0.1, 0.15) is 12.1 Å². The molecule has 1 fully saturated rings. The lowest BCUT2D eigenvalue weighted by Crippen LogP contribution is -2.49. The first-order valence-corrected chi connectivity index (χ1v) is 18.8. The molecule has 13 heteroatoms. The highest BCUT2D eigenvalue weighted by Crippen LogP contribution is 2.35. The van der Waals surface area contributed by atoms with Gasteiger partial charge in [0.15, 0.2) is 5.82 Å². The van der Waals surface area contributed by atoms with Gasteiger partial charge in [0, 0.05) is 23.7 Å². The Morgan fingerprint density at radius 1 is 0.927 bits per heavy atom. The molecular weight excluding hydrogens is 697 g/mol. The fourth-order valence-electron chi connectivity index (χ4n) is 7.40. The van der Waals surface area contributed by atoms with Gasteiger partial charge in [-0.1, -0.05) is 73.9 Å². The third-order valence-corrected chi connectivity index (χ3v) is 10.4. The molecule has 4 aromatic rings. The van der Waals surface area contributed by atoms with Crippen LogP contribution in [0, 0.1) is 13.8 Å². The predicted octanol–water partition coefficient (Wildman–Crippen LogP) is 3.75. The van der Waals surface area contributed by atoms with Gasteiger partial charge < -0.3 is 32.7 Å². The molecule has 13 nitrogen and oxygen atoms in total. The molecule has 1 aliphatic carbocycles. The van der Waals surface area contributed by atoms with Crippen molar-refractivity contribution in [1.29, 1.82) is 0 Å². The Hall–Kier alpha value is -5.95. The third-order valence-electron chi connectivity index (χ3n) is 10.4.